The van der Waals surface area contributed by atoms with Gasteiger partial charge in [0.2, 0.25) is 0 Å². The van der Waals surface area contributed by atoms with E-state index in [1.807, 2.05) is 0 Å². The first kappa shape index (κ1) is 71.5. The Morgan fingerprint density at radius 1 is 0.356 bits per heavy atom. The fourth-order valence-corrected chi connectivity index (χ4v) is 3.55. The molecule has 0 rings (SSSR count). The van der Waals surface area contributed by atoms with Crippen LogP contribution >= 0.6 is 0 Å². The molecule has 30 heteroatoms. The van der Waals surface area contributed by atoms with Crippen molar-refractivity contribution in [2.24, 2.45) is 0 Å². The topological polar surface area (TPSA) is 373 Å². The number of aliphatic hydroxyl groups is 3. The zero-order chi connectivity index (χ0) is 56.1. The number of hydrogen-bond donors (Lipinski definition) is 3. The van der Waals surface area contributed by atoms with E-state index >= 15 is 0 Å². The third-order valence-corrected chi connectivity index (χ3v) is 7.49. The minimum absolute atomic E-state index is 0.0760. The first-order chi connectivity index (χ1) is 34.4. The van der Waals surface area contributed by atoms with Crippen molar-refractivity contribution in [3.63, 3.8) is 0 Å². The Morgan fingerprint density at radius 2 is 0.603 bits per heavy atom. The van der Waals surface area contributed by atoms with Crippen LogP contribution in [0.1, 0.15) is 55.4 Å². The summed E-state index contributed by atoms with van der Waals surface area (Å²) < 4.78 is 90.6. The number of esters is 2. The van der Waals surface area contributed by atoms with Crippen LogP contribution in [0.25, 0.3) is 0 Å². The minimum Gasteiger partial charge on any atom is -0.461 e. The van der Waals surface area contributed by atoms with Crippen LogP contribution in [-0.2, 0) is 99.6 Å². The quantitative estimate of drug-likeness (QED) is 0.0471. The molecule has 0 spiro atoms. The summed E-state index contributed by atoms with van der Waals surface area (Å²) in [4.78, 5) is 90.4. The number of rotatable bonds is 34. The highest BCUT2D eigenvalue weighted by Gasteiger charge is 2.32. The Labute approximate surface area is 423 Å². The highest BCUT2D eigenvalue weighted by Crippen LogP contribution is 2.13. The predicted molar refractivity (Wildman–Crippen MR) is 241 cm³/mol. The van der Waals surface area contributed by atoms with Gasteiger partial charge in [0.05, 0.1) is 50.8 Å². The number of methoxy groups -OCH3 is 3. The number of carbonyl (C=O) groups excluding carboxylic acids is 8. The van der Waals surface area contributed by atoms with Gasteiger partial charge in [-0.25, -0.2) is 38.4 Å². The number of hydrogen-bond acceptors (Lipinski definition) is 30. The average Bonchev–Trinajstić information content (AvgIpc) is 3.34. The normalized spacial score (nSPS) is 12.4. The second-order valence-electron chi connectivity index (χ2n) is 15.0. The summed E-state index contributed by atoms with van der Waals surface area (Å²) in [5, 5.41) is 26.3. The zero-order valence-electron chi connectivity index (χ0n) is 43.4. The van der Waals surface area contributed by atoms with Gasteiger partial charge in [-0.05, 0) is 55.4 Å². The molecule has 0 saturated carbocycles. The fraction of sp³-hybridized carbons (Fsp3) is 0.814. The molecule has 0 saturated heterocycles. The summed E-state index contributed by atoms with van der Waals surface area (Å²) in [5.74, 6) is -1.26. The molecule has 73 heavy (non-hydrogen) atoms. The molecule has 0 aliphatic heterocycles. The second-order valence-corrected chi connectivity index (χ2v) is 15.0. The molecule has 0 aromatic rings. The molecule has 0 aliphatic carbocycles. The van der Waals surface area contributed by atoms with Gasteiger partial charge in [0, 0.05) is 21.3 Å². The molecule has 0 aliphatic rings. The summed E-state index contributed by atoms with van der Waals surface area (Å²) in [6.07, 6.45) is -7.70. The van der Waals surface area contributed by atoms with Gasteiger partial charge in [-0.1, -0.05) is 0 Å². The minimum atomic E-state index is -1.30. The molecular formula is C43H76O30. The molecule has 4 unspecified atom stereocenters. The van der Waals surface area contributed by atoms with Crippen molar-refractivity contribution in [2.45, 2.75) is 91.0 Å². The van der Waals surface area contributed by atoms with Gasteiger partial charge >= 0.3 is 48.9 Å². The van der Waals surface area contributed by atoms with Crippen molar-refractivity contribution < 1.29 is 144 Å². The van der Waals surface area contributed by atoms with E-state index in [-0.39, 0.29) is 131 Å². The molecule has 3 N–H and O–H groups in total. The van der Waals surface area contributed by atoms with E-state index in [9.17, 15) is 38.4 Å². The van der Waals surface area contributed by atoms with Crippen molar-refractivity contribution >= 4 is 48.9 Å². The van der Waals surface area contributed by atoms with Gasteiger partial charge < -0.3 is 105 Å². The van der Waals surface area contributed by atoms with Crippen molar-refractivity contribution in [3.05, 3.63) is 0 Å². The van der Waals surface area contributed by atoms with Crippen LogP contribution in [0, 0.1) is 0 Å². The van der Waals surface area contributed by atoms with E-state index in [0.717, 1.165) is 0 Å². The van der Waals surface area contributed by atoms with Crippen molar-refractivity contribution in [2.75, 3.05) is 140 Å². The van der Waals surface area contributed by atoms with E-state index in [1.165, 1.54) is 62.9 Å². The third kappa shape index (κ3) is 47.0. The molecule has 30 nitrogen and oxygen atoms in total. The van der Waals surface area contributed by atoms with Crippen LogP contribution in [0.3, 0.4) is 0 Å². The molecule has 0 heterocycles. The molecule has 0 bridgehead atoms. The maximum atomic E-state index is 12.0. The van der Waals surface area contributed by atoms with Crippen LogP contribution < -0.4 is 0 Å². The molecule has 0 radical (unpaired) electrons. The van der Waals surface area contributed by atoms with E-state index in [2.05, 4.69) is 42.6 Å². The maximum Gasteiger partial charge on any atom is 0.508 e. The predicted octanol–water partition coefficient (Wildman–Crippen LogP) is 2.03. The van der Waals surface area contributed by atoms with Gasteiger partial charge in [-0.15, -0.1) is 0 Å². The third-order valence-electron chi connectivity index (χ3n) is 7.49. The summed E-state index contributed by atoms with van der Waals surface area (Å²) in [6, 6.07) is 0. The molecule has 0 fully saturated rings. The van der Waals surface area contributed by atoms with Crippen LogP contribution in [0.4, 0.5) is 28.8 Å². The lowest BCUT2D eigenvalue weighted by molar-refractivity contribution is -0.172. The highest BCUT2D eigenvalue weighted by atomic mass is 16.8. The standard InChI is InChI=1S/C23H40O14.C11H20O8.C9H16O8/c1-16(24)14-34-18(25)22(3,4)36-12-10-32-20(27)30-8-9-31-21(28)33-11-13-37-23(5,6)19(26)35-15-17(2)29-7;1-8(12)6-18-10(13)16-4-5-17-11(14)19-7-9(2)15-3;1-13-4-5-15-9(12)17-7-6-16-8(11)14-3-2-10/h16-17,24H,8-15H2,1-7H3;8-9,12H,4-7H2,1-3H3;10H,2-7H2,1H3. The first-order valence-electron chi connectivity index (χ1n) is 22.3. The lowest BCUT2D eigenvalue weighted by atomic mass is 10.1. The molecule has 428 valence electrons. The lowest BCUT2D eigenvalue weighted by Gasteiger charge is -2.23. The summed E-state index contributed by atoms with van der Waals surface area (Å²) in [7, 11) is 4.46. The van der Waals surface area contributed by atoms with Gasteiger partial charge in [0.1, 0.15) is 92.5 Å². The van der Waals surface area contributed by atoms with Crippen molar-refractivity contribution in [1.29, 1.82) is 0 Å². The second kappa shape index (κ2) is 44.9. The monoisotopic (exact) mass is 1070 g/mol. The summed E-state index contributed by atoms with van der Waals surface area (Å²) >= 11 is 0. The summed E-state index contributed by atoms with van der Waals surface area (Å²) in [5.41, 5.74) is -2.55. The Kier molecular flexibility index (Phi) is 44.0. The van der Waals surface area contributed by atoms with Gasteiger partial charge in [0.25, 0.3) is 0 Å². The van der Waals surface area contributed by atoms with Gasteiger partial charge in [0.15, 0.2) is 11.2 Å². The van der Waals surface area contributed by atoms with E-state index < -0.39 is 72.3 Å². The van der Waals surface area contributed by atoms with Crippen molar-refractivity contribution in [3.8, 4) is 0 Å². The Balaban J connectivity index is -0.00000113. The van der Waals surface area contributed by atoms with Crippen molar-refractivity contribution in [1.82, 2.24) is 0 Å². The van der Waals surface area contributed by atoms with Crippen LogP contribution in [0.2, 0.25) is 0 Å². The van der Waals surface area contributed by atoms with E-state index in [1.54, 1.807) is 13.8 Å². The van der Waals surface area contributed by atoms with Crippen LogP contribution in [0.5, 0.6) is 0 Å². The molecule has 0 aromatic heterocycles. The average molecular weight is 1070 g/mol. The zero-order valence-corrected chi connectivity index (χ0v) is 43.4. The molecular weight excluding hydrogens is 996 g/mol. The van der Waals surface area contributed by atoms with Crippen LogP contribution in [0.15, 0.2) is 0 Å². The van der Waals surface area contributed by atoms with Gasteiger partial charge in [-0.3, -0.25) is 0 Å². The Morgan fingerprint density at radius 3 is 0.904 bits per heavy atom. The SMILES string of the molecule is COC(C)COC(=O)C(C)(C)OCCOC(=O)OCCOC(=O)OCCOC(C)(C)C(=O)OCC(C)O.COC(C)COC(=O)OCCOC(=O)OCC(C)O.COCCOC(=O)OCCOC(=O)OCCO. The smallest absolute Gasteiger partial charge is 0.461 e. The first-order valence-corrected chi connectivity index (χ1v) is 22.3. The number of aliphatic hydroxyl groups excluding tert-OH is 3. The van der Waals surface area contributed by atoms with E-state index in [4.69, 9.17) is 62.7 Å². The molecule has 4 atom stereocenters. The Hall–Kier alpha value is -5.76. The molecule has 0 aromatic carbocycles. The molecule has 0 amide bonds. The summed E-state index contributed by atoms with van der Waals surface area (Å²) in [6.45, 7) is 10.4. The number of ether oxygens (including phenoxy) is 19. The van der Waals surface area contributed by atoms with Gasteiger partial charge in [-0.2, -0.15) is 0 Å². The van der Waals surface area contributed by atoms with E-state index in [0.29, 0.717) is 0 Å². The fourth-order valence-electron chi connectivity index (χ4n) is 3.55. The highest BCUT2D eigenvalue weighted by molar-refractivity contribution is 5.79. The maximum absolute atomic E-state index is 12.0. The lowest BCUT2D eigenvalue weighted by Crippen LogP contribution is -2.39. The number of carbonyl (C=O) groups is 8. The Bertz CT molecular complexity index is 1500. The largest absolute Gasteiger partial charge is 0.508 e. The van der Waals surface area contributed by atoms with Crippen LogP contribution in [-0.4, -0.2) is 240 Å².